The number of rotatable bonds is 8. The number of nitro benzene ring substituents is 1. The summed E-state index contributed by atoms with van der Waals surface area (Å²) in [5, 5.41) is 10.6. The Balaban J connectivity index is 2.57. The van der Waals surface area contributed by atoms with E-state index in [1.54, 1.807) is 6.07 Å². The van der Waals surface area contributed by atoms with Gasteiger partial charge in [0.25, 0.3) is 5.69 Å². The molecule has 0 amide bonds. The molecule has 0 heterocycles. The normalized spacial score (nSPS) is 10.3. The lowest BCUT2D eigenvalue weighted by atomic mass is 10.2. The van der Waals surface area contributed by atoms with Crippen molar-refractivity contribution in [3.05, 3.63) is 33.9 Å². The van der Waals surface area contributed by atoms with Crippen molar-refractivity contribution in [2.75, 3.05) is 19.8 Å². The molecule has 2 N–H and O–H groups in total. The monoisotopic (exact) mass is 254 g/mol. The Morgan fingerprint density at radius 2 is 2.11 bits per heavy atom. The van der Waals surface area contributed by atoms with Gasteiger partial charge in [0.05, 0.1) is 11.5 Å². The molecule has 6 nitrogen and oxygen atoms in total. The summed E-state index contributed by atoms with van der Waals surface area (Å²) in [7, 11) is 0. The van der Waals surface area contributed by atoms with Crippen LogP contribution in [0.5, 0.6) is 5.75 Å². The van der Waals surface area contributed by atoms with E-state index < -0.39 is 4.92 Å². The molecule has 0 saturated heterocycles. The van der Waals surface area contributed by atoms with Crippen LogP contribution in [-0.2, 0) is 11.3 Å². The highest BCUT2D eigenvalue weighted by Gasteiger charge is 2.10. The third-order valence-corrected chi connectivity index (χ3v) is 2.31. The number of nitro groups is 1. The summed E-state index contributed by atoms with van der Waals surface area (Å²) in [4.78, 5) is 10.2. The molecule has 0 aromatic heterocycles. The van der Waals surface area contributed by atoms with Crippen LogP contribution in [0.4, 0.5) is 5.69 Å². The van der Waals surface area contributed by atoms with Crippen molar-refractivity contribution < 1.29 is 14.4 Å². The van der Waals surface area contributed by atoms with E-state index in [0.717, 1.165) is 6.42 Å². The molecule has 0 atom stereocenters. The molecule has 0 spiro atoms. The second kappa shape index (κ2) is 7.62. The summed E-state index contributed by atoms with van der Waals surface area (Å²) >= 11 is 0. The maximum atomic E-state index is 10.6. The van der Waals surface area contributed by atoms with Crippen LogP contribution in [0, 0.1) is 10.1 Å². The summed E-state index contributed by atoms with van der Waals surface area (Å²) in [6, 6.07) is 4.41. The van der Waals surface area contributed by atoms with Gasteiger partial charge in [0.2, 0.25) is 0 Å². The molecule has 18 heavy (non-hydrogen) atoms. The zero-order valence-corrected chi connectivity index (χ0v) is 10.4. The van der Waals surface area contributed by atoms with E-state index in [9.17, 15) is 10.1 Å². The number of hydrogen-bond donors (Lipinski definition) is 1. The molecule has 6 heteroatoms. The van der Waals surface area contributed by atoms with E-state index in [2.05, 4.69) is 0 Å². The maximum absolute atomic E-state index is 10.6. The molecule has 0 radical (unpaired) electrons. The molecule has 1 aromatic rings. The highest BCUT2D eigenvalue weighted by atomic mass is 16.6. The second-order valence-electron chi connectivity index (χ2n) is 3.71. The summed E-state index contributed by atoms with van der Waals surface area (Å²) in [5.41, 5.74) is 6.18. The van der Waals surface area contributed by atoms with Gasteiger partial charge in [-0.15, -0.1) is 0 Å². The minimum Gasteiger partial charge on any atom is -0.491 e. The number of benzene rings is 1. The quantitative estimate of drug-likeness (QED) is 0.434. The van der Waals surface area contributed by atoms with Gasteiger partial charge < -0.3 is 15.2 Å². The Kier molecular flexibility index (Phi) is 6.10. The fraction of sp³-hybridized carbons (Fsp3) is 0.500. The van der Waals surface area contributed by atoms with Crippen molar-refractivity contribution in [1.29, 1.82) is 0 Å². The van der Waals surface area contributed by atoms with Crippen molar-refractivity contribution in [3.63, 3.8) is 0 Å². The summed E-state index contributed by atoms with van der Waals surface area (Å²) < 4.78 is 10.8. The van der Waals surface area contributed by atoms with Gasteiger partial charge in [-0.25, -0.2) is 0 Å². The first-order valence-electron chi connectivity index (χ1n) is 5.87. The first-order chi connectivity index (χ1) is 8.69. The molecule has 0 aliphatic heterocycles. The Hall–Kier alpha value is -1.66. The molecule has 0 aliphatic rings. The average molecular weight is 254 g/mol. The lowest BCUT2D eigenvalue weighted by Crippen LogP contribution is -2.09. The van der Waals surface area contributed by atoms with Crippen LogP contribution < -0.4 is 10.5 Å². The fourth-order valence-electron chi connectivity index (χ4n) is 1.44. The number of nitrogens with two attached hydrogens (primary N) is 1. The minimum absolute atomic E-state index is 0.0185. The van der Waals surface area contributed by atoms with E-state index in [1.165, 1.54) is 12.1 Å². The van der Waals surface area contributed by atoms with Gasteiger partial charge in [0.1, 0.15) is 12.4 Å². The summed E-state index contributed by atoms with van der Waals surface area (Å²) in [6.45, 7) is 3.84. The van der Waals surface area contributed by atoms with Gasteiger partial charge in [-0.05, 0) is 12.5 Å². The molecule has 1 rings (SSSR count). The zero-order chi connectivity index (χ0) is 13.4. The van der Waals surface area contributed by atoms with Crippen LogP contribution >= 0.6 is 0 Å². The van der Waals surface area contributed by atoms with Gasteiger partial charge in [-0.3, -0.25) is 10.1 Å². The smallest absolute Gasteiger partial charge is 0.270 e. The van der Waals surface area contributed by atoms with E-state index >= 15 is 0 Å². The molecular formula is C12H18N2O4. The van der Waals surface area contributed by atoms with Crippen LogP contribution in [0.25, 0.3) is 0 Å². The Bertz CT molecular complexity index is 396. The molecule has 0 bridgehead atoms. The van der Waals surface area contributed by atoms with Gasteiger partial charge in [-0.2, -0.15) is 0 Å². The fourth-order valence-corrected chi connectivity index (χ4v) is 1.44. The van der Waals surface area contributed by atoms with Crippen molar-refractivity contribution in [3.8, 4) is 5.75 Å². The number of ether oxygens (including phenoxy) is 2. The predicted molar refractivity (Wildman–Crippen MR) is 67.6 cm³/mol. The summed E-state index contributed by atoms with van der Waals surface area (Å²) in [6.07, 6.45) is 0.964. The zero-order valence-electron chi connectivity index (χ0n) is 10.4. The number of non-ortho nitro benzene ring substituents is 1. The van der Waals surface area contributed by atoms with Gasteiger partial charge in [-0.1, -0.05) is 6.92 Å². The molecule has 100 valence electrons. The molecule has 0 unspecified atom stereocenters. The van der Waals surface area contributed by atoms with E-state index in [4.69, 9.17) is 15.2 Å². The number of hydrogen-bond acceptors (Lipinski definition) is 5. The largest absolute Gasteiger partial charge is 0.491 e. The van der Waals surface area contributed by atoms with Crippen molar-refractivity contribution in [2.45, 2.75) is 19.9 Å². The third kappa shape index (κ3) is 4.31. The Morgan fingerprint density at radius 3 is 2.72 bits per heavy atom. The first-order valence-corrected chi connectivity index (χ1v) is 5.87. The minimum atomic E-state index is -0.451. The molecule has 1 aromatic carbocycles. The third-order valence-electron chi connectivity index (χ3n) is 2.31. The predicted octanol–water partition coefficient (Wildman–Crippen LogP) is 1.86. The molecular weight excluding hydrogens is 236 g/mol. The van der Waals surface area contributed by atoms with Crippen LogP contribution in [0.1, 0.15) is 18.9 Å². The van der Waals surface area contributed by atoms with Crippen molar-refractivity contribution in [1.82, 2.24) is 0 Å². The van der Waals surface area contributed by atoms with E-state index in [1.807, 2.05) is 6.92 Å². The standard InChI is InChI=1S/C12H18N2O4/c1-2-5-17-6-7-18-12-4-3-11(14(15)16)8-10(12)9-13/h3-4,8H,2,5-7,9,13H2,1H3. The molecule has 0 fully saturated rings. The lowest BCUT2D eigenvalue weighted by Gasteiger charge is -2.10. The van der Waals surface area contributed by atoms with Crippen LogP contribution in [0.2, 0.25) is 0 Å². The number of nitrogens with zero attached hydrogens (tertiary/aromatic N) is 1. The van der Waals surface area contributed by atoms with E-state index in [-0.39, 0.29) is 12.2 Å². The topological polar surface area (TPSA) is 87.6 Å². The van der Waals surface area contributed by atoms with Crippen LogP contribution in [0.3, 0.4) is 0 Å². The molecule has 0 aliphatic carbocycles. The first kappa shape index (κ1) is 14.4. The Labute approximate surface area is 106 Å². The van der Waals surface area contributed by atoms with Gasteiger partial charge in [0.15, 0.2) is 0 Å². The van der Waals surface area contributed by atoms with Gasteiger partial charge >= 0.3 is 0 Å². The highest BCUT2D eigenvalue weighted by Crippen LogP contribution is 2.23. The van der Waals surface area contributed by atoms with Crippen LogP contribution in [-0.4, -0.2) is 24.7 Å². The summed E-state index contributed by atoms with van der Waals surface area (Å²) in [5.74, 6) is 0.572. The highest BCUT2D eigenvalue weighted by molar-refractivity contribution is 5.43. The van der Waals surface area contributed by atoms with Crippen LogP contribution in [0.15, 0.2) is 18.2 Å². The SMILES string of the molecule is CCCOCCOc1ccc([N+](=O)[O-])cc1CN. The average Bonchev–Trinajstić information content (AvgIpc) is 2.38. The van der Waals surface area contributed by atoms with Gasteiger partial charge in [0, 0.05) is 30.8 Å². The molecule has 0 saturated carbocycles. The Morgan fingerprint density at radius 1 is 1.33 bits per heavy atom. The van der Waals surface area contributed by atoms with Crippen molar-refractivity contribution >= 4 is 5.69 Å². The second-order valence-corrected chi connectivity index (χ2v) is 3.71. The lowest BCUT2D eigenvalue weighted by molar-refractivity contribution is -0.384. The van der Waals surface area contributed by atoms with E-state index in [0.29, 0.717) is 31.1 Å². The van der Waals surface area contributed by atoms with Crippen molar-refractivity contribution in [2.24, 2.45) is 5.73 Å². The maximum Gasteiger partial charge on any atom is 0.270 e.